The maximum atomic E-state index is 12.7. The van der Waals surface area contributed by atoms with Crippen LogP contribution < -0.4 is 36.0 Å². The van der Waals surface area contributed by atoms with Gasteiger partial charge in [-0.3, -0.25) is 28.8 Å². The molecule has 0 bridgehead atoms. The van der Waals surface area contributed by atoms with Gasteiger partial charge in [-0.1, -0.05) is 29.1 Å². The number of carboxylic acid groups (broad SMARTS) is 1. The van der Waals surface area contributed by atoms with E-state index >= 15 is 0 Å². The Morgan fingerprint density at radius 2 is 0.798 bits per heavy atom. The lowest BCUT2D eigenvalue weighted by Crippen LogP contribution is -2.36. The normalized spacial score (nSPS) is 16.8. The van der Waals surface area contributed by atoms with Crippen LogP contribution >= 0.6 is 107 Å². The monoisotopic (exact) mass is 1580 g/mol. The van der Waals surface area contributed by atoms with Crippen molar-refractivity contribution in [2.45, 2.75) is 76.0 Å². The van der Waals surface area contributed by atoms with Crippen molar-refractivity contribution in [1.29, 1.82) is 0 Å². The zero-order valence-corrected chi connectivity index (χ0v) is 62.4. The molecule has 1 saturated carbocycles. The summed E-state index contributed by atoms with van der Waals surface area (Å²) in [6.07, 6.45) is 4.99. The number of rotatable bonds is 20. The molecular weight excluding hydrogens is 1510 g/mol. The van der Waals surface area contributed by atoms with Crippen molar-refractivity contribution in [2.24, 2.45) is 0 Å². The van der Waals surface area contributed by atoms with Crippen molar-refractivity contribution in [3.8, 4) is 0 Å². The number of aliphatic carboxylic acids is 1. The van der Waals surface area contributed by atoms with Crippen molar-refractivity contribution in [2.75, 3.05) is 163 Å². The summed E-state index contributed by atoms with van der Waals surface area (Å²) in [5.41, 5.74) is 9.67. The molecule has 0 spiro atoms. The summed E-state index contributed by atoms with van der Waals surface area (Å²) in [6, 6.07) is 0. The molecule has 13 rings (SSSR count). The Balaban J connectivity index is 0.000000174. The molecule has 5 N–H and O–H groups in total. The highest BCUT2D eigenvalue weighted by atomic mass is 79.9. The van der Waals surface area contributed by atoms with E-state index in [0.717, 1.165) is 148 Å². The second kappa shape index (κ2) is 39.9. The lowest BCUT2D eigenvalue weighted by Gasteiger charge is -2.26. The van der Waals surface area contributed by atoms with Crippen LogP contribution in [0.15, 0.2) is 36.2 Å². The minimum atomic E-state index is -0.839. The van der Waals surface area contributed by atoms with E-state index in [9.17, 15) is 28.8 Å². The van der Waals surface area contributed by atoms with Gasteiger partial charge in [0.2, 0.25) is 22.1 Å². The minimum absolute atomic E-state index is 0.000833. The van der Waals surface area contributed by atoms with Gasteiger partial charge in [-0.25, -0.2) is 29.9 Å². The SMILES string of the molecule is COC(=O)Cc1csc(Br)n1.COC(=O)Cc1csc(N)n1.COC(=O)Cc1csc(N2CCOCC2)n1.O=C(Cc1csc(N2CCOCC2)n1)Nc1nnc([C@H]2CCC[C@H](c3nnc(NC(=O)Cc4csc(N5CCOCC5)n4)s3)C2)s1.O=C(O)Cc1csc(N2CCOCC2)n1. The first-order chi connectivity index (χ1) is 48.0. The maximum Gasteiger partial charge on any atom is 0.311 e. The molecule has 40 heteroatoms. The van der Waals surface area contributed by atoms with E-state index in [-0.39, 0.29) is 80.1 Å². The third-order valence-corrected chi connectivity index (χ3v) is 22.7. The van der Waals surface area contributed by atoms with E-state index in [1.54, 1.807) is 44.8 Å². The number of nitrogens with zero attached hydrogens (tertiary/aromatic N) is 14. The molecule has 12 heterocycles. The number of anilines is 7. The molecule has 1 aliphatic carbocycles. The topological polar surface area (TPSA) is 379 Å². The number of halogens is 1. The number of amides is 2. The van der Waals surface area contributed by atoms with Crippen LogP contribution in [0.25, 0.3) is 0 Å². The smallest absolute Gasteiger partial charge is 0.311 e. The summed E-state index contributed by atoms with van der Waals surface area (Å²) in [7, 11) is 4.10. The molecular formula is C59H74BrN17O14S8. The average molecular weight is 1580 g/mol. The number of nitrogens with two attached hydrogens (primary N) is 1. The van der Waals surface area contributed by atoms with Gasteiger partial charge in [-0.2, -0.15) is 0 Å². The second-order valence-electron chi connectivity index (χ2n) is 21.9. The fraction of sp³-hybridized carbons (Fsp3) is 0.525. The van der Waals surface area contributed by atoms with E-state index in [0.29, 0.717) is 66.4 Å². The number of thiazole rings is 6. The number of nitrogen functional groups attached to an aromatic ring is 1. The minimum Gasteiger partial charge on any atom is -0.481 e. The van der Waals surface area contributed by atoms with Crippen molar-refractivity contribution in [3.05, 3.63) is 80.4 Å². The van der Waals surface area contributed by atoms with Crippen LogP contribution in [0.3, 0.4) is 0 Å². The highest BCUT2D eigenvalue weighted by molar-refractivity contribution is 9.11. The number of carboxylic acids is 1. The molecule has 0 radical (unpaired) electrons. The fourth-order valence-electron chi connectivity index (χ4n) is 9.89. The van der Waals surface area contributed by atoms with Crippen LogP contribution in [0.2, 0.25) is 0 Å². The van der Waals surface area contributed by atoms with E-state index in [1.165, 1.54) is 78.0 Å². The predicted molar refractivity (Wildman–Crippen MR) is 384 cm³/mol. The fourth-order valence-corrected chi connectivity index (χ4v) is 16.8. The van der Waals surface area contributed by atoms with Gasteiger partial charge < -0.3 is 74.2 Å². The molecule has 8 aromatic rings. The van der Waals surface area contributed by atoms with Crippen molar-refractivity contribution in [1.82, 2.24) is 50.3 Å². The highest BCUT2D eigenvalue weighted by Gasteiger charge is 2.30. The molecule has 8 aromatic heterocycles. The number of carbonyl (C=O) groups excluding carboxylic acids is 5. The highest BCUT2D eigenvalue weighted by Crippen LogP contribution is 2.44. The maximum absolute atomic E-state index is 12.7. The molecule has 2 amide bonds. The Bertz CT molecular complexity index is 3660. The number of methoxy groups -OCH3 is 3. The molecule has 2 atom stereocenters. The number of aromatic nitrogens is 10. The van der Waals surface area contributed by atoms with Gasteiger partial charge in [0, 0.05) is 96.5 Å². The standard InChI is InChI=1S/C28H34N10O4S4.C10H14N2O3S.C9H12N2O3S.C6H6BrNO2S.C6H8N2O2S/c39-21(13-19-15-43-27(29-19)37-4-8-41-9-5-37)31-25-35-33-23(45-25)17-2-1-3-18(12-17)24-34-36-26(46-24)32-22(40)14-20-16-44-28(30-20)38-6-10-42-11-7-38;1-14-9(13)6-8-7-16-10(11-8)12-2-4-15-5-3-12;12-8(13)5-7-6-15-9(10-7)11-1-3-14-4-2-11;2*1-10-5(9)2-4-3-11-6(7)8-4/h15-18H,1-14H2,(H,31,35,39)(H,32,36,40);7H,2-6H2,1H3;6H,1-5H2,(H,12,13);3H,2H2,1H3;3H,2H2,1H3,(H2,7,8)/t17-,18-;;;;/m0..../s1. The van der Waals surface area contributed by atoms with Crippen LogP contribution in [0.4, 0.5) is 35.9 Å². The molecule has 4 aliphatic heterocycles. The van der Waals surface area contributed by atoms with Gasteiger partial charge in [-0.05, 0) is 35.2 Å². The van der Waals surface area contributed by atoms with Gasteiger partial charge in [0.15, 0.2) is 29.6 Å². The summed E-state index contributed by atoms with van der Waals surface area (Å²) in [4.78, 5) is 103. The quantitative estimate of drug-likeness (QED) is 0.0435. The molecule has 99 heavy (non-hydrogen) atoms. The summed E-state index contributed by atoms with van der Waals surface area (Å²) >= 11 is 15.0. The van der Waals surface area contributed by atoms with E-state index < -0.39 is 5.97 Å². The van der Waals surface area contributed by atoms with E-state index in [2.05, 4.69) is 111 Å². The Hall–Kier alpha value is -6.96. The molecule has 534 valence electrons. The van der Waals surface area contributed by atoms with Gasteiger partial charge >= 0.3 is 23.9 Å². The first-order valence-corrected chi connectivity index (χ1v) is 38.8. The zero-order chi connectivity index (χ0) is 69.9. The van der Waals surface area contributed by atoms with Gasteiger partial charge in [0.05, 0.1) is 147 Å². The second-order valence-corrected chi connectivity index (χ2v) is 30.3. The number of morpholine rings is 4. The number of esters is 3. The summed E-state index contributed by atoms with van der Waals surface area (Å²) in [6.45, 7) is 12.4. The Labute approximate surface area is 609 Å². The summed E-state index contributed by atoms with van der Waals surface area (Å²) < 4.78 is 35.6. The third kappa shape index (κ3) is 25.3. The lowest BCUT2D eigenvalue weighted by molar-refractivity contribution is -0.140. The number of ether oxygens (including phenoxy) is 7. The van der Waals surface area contributed by atoms with Crippen molar-refractivity contribution < 1.29 is 67.0 Å². The van der Waals surface area contributed by atoms with Crippen molar-refractivity contribution in [3.63, 3.8) is 0 Å². The number of nitrogens with one attached hydrogen (secondary N) is 2. The first kappa shape index (κ1) is 76.2. The largest absolute Gasteiger partial charge is 0.481 e. The Morgan fingerprint density at radius 1 is 0.475 bits per heavy atom. The Morgan fingerprint density at radius 3 is 1.12 bits per heavy atom. The molecule has 0 unspecified atom stereocenters. The zero-order valence-electron chi connectivity index (χ0n) is 54.2. The number of hydrogen-bond acceptors (Lipinski definition) is 36. The van der Waals surface area contributed by atoms with Gasteiger partial charge in [0.25, 0.3) is 0 Å². The molecule has 5 aliphatic rings. The van der Waals surface area contributed by atoms with Gasteiger partial charge in [0.1, 0.15) is 10.0 Å². The molecule has 5 fully saturated rings. The van der Waals surface area contributed by atoms with Crippen LogP contribution in [-0.2, 0) is 100 Å². The molecule has 0 aromatic carbocycles. The first-order valence-electron chi connectivity index (χ1n) is 31.1. The van der Waals surface area contributed by atoms with Crippen LogP contribution in [-0.4, -0.2) is 218 Å². The predicted octanol–water partition coefficient (Wildman–Crippen LogP) is 7.14. The Kier molecular flexibility index (Phi) is 30.7. The van der Waals surface area contributed by atoms with Crippen LogP contribution in [0.5, 0.6) is 0 Å². The van der Waals surface area contributed by atoms with Gasteiger partial charge in [-0.15, -0.1) is 88.4 Å². The molecule has 4 saturated heterocycles. The van der Waals surface area contributed by atoms with Crippen LogP contribution in [0, 0.1) is 0 Å². The number of carbonyl (C=O) groups is 6. The summed E-state index contributed by atoms with van der Waals surface area (Å²) in [5.74, 6) is -1.50. The van der Waals surface area contributed by atoms with E-state index in [4.69, 9.17) is 29.8 Å². The number of hydrogen-bond donors (Lipinski definition) is 4. The third-order valence-electron chi connectivity index (χ3n) is 14.8. The summed E-state index contributed by atoms with van der Waals surface area (Å²) in [5, 5.41) is 50.0. The lowest BCUT2D eigenvalue weighted by atomic mass is 9.82. The molecule has 31 nitrogen and oxygen atoms in total. The van der Waals surface area contributed by atoms with Crippen LogP contribution in [0.1, 0.15) is 81.7 Å². The average Bonchev–Trinajstić information content (AvgIpc) is 1.61. The van der Waals surface area contributed by atoms with E-state index in [1.807, 2.05) is 21.5 Å². The van der Waals surface area contributed by atoms with Crippen molar-refractivity contribution >= 4 is 178 Å².